The van der Waals surface area contributed by atoms with Gasteiger partial charge in [0.1, 0.15) is 11.5 Å². The van der Waals surface area contributed by atoms with Crippen molar-refractivity contribution in [3.63, 3.8) is 0 Å². The molecule has 2 aromatic carbocycles. The van der Waals surface area contributed by atoms with Crippen LogP contribution in [0.1, 0.15) is 17.5 Å². The molecule has 3 N–H and O–H groups in total. The summed E-state index contributed by atoms with van der Waals surface area (Å²) in [6.07, 6.45) is 0.464. The zero-order valence-electron chi connectivity index (χ0n) is 17.0. The lowest BCUT2D eigenvalue weighted by molar-refractivity contribution is -0.167. The second kappa shape index (κ2) is 12.1. The fourth-order valence-electron chi connectivity index (χ4n) is 2.52. The molecule has 0 fully saturated rings. The van der Waals surface area contributed by atoms with Crippen molar-refractivity contribution in [1.29, 1.82) is 0 Å². The summed E-state index contributed by atoms with van der Waals surface area (Å²) in [5, 5.41) is 26.7. The Morgan fingerprint density at radius 2 is 1.21 bits per heavy atom. The highest BCUT2D eigenvalue weighted by Gasteiger charge is 2.34. The van der Waals surface area contributed by atoms with E-state index in [-0.39, 0.29) is 11.5 Å². The molecule has 0 saturated carbocycles. The number of carboxylic acid groups (broad SMARTS) is 1. The first kappa shape index (κ1) is 25.2. The molecule has 0 radical (unpaired) electrons. The fourth-order valence-corrected chi connectivity index (χ4v) is 2.74. The second-order valence-corrected chi connectivity index (χ2v) is 7.06. The number of esters is 2. The molecule has 10 heteroatoms. The number of carbonyl (C=O) groups excluding carboxylic acids is 3. The van der Waals surface area contributed by atoms with Crippen LogP contribution in [0.25, 0.3) is 12.2 Å². The van der Waals surface area contributed by atoms with Crippen molar-refractivity contribution in [3.8, 4) is 11.5 Å². The highest BCUT2D eigenvalue weighted by atomic mass is 32.1. The summed E-state index contributed by atoms with van der Waals surface area (Å²) in [5.74, 6) is -3.31. The van der Waals surface area contributed by atoms with Crippen LogP contribution in [-0.4, -0.2) is 50.6 Å². The van der Waals surface area contributed by atoms with Gasteiger partial charge in [0.2, 0.25) is 11.2 Å². The van der Waals surface area contributed by atoms with Crippen molar-refractivity contribution < 1.29 is 44.0 Å². The van der Waals surface area contributed by atoms with Crippen LogP contribution in [0, 0.1) is 0 Å². The number of carboxylic acids is 1. The zero-order chi connectivity index (χ0) is 24.4. The van der Waals surface area contributed by atoms with Gasteiger partial charge in [0, 0.05) is 12.2 Å². The number of rotatable bonds is 10. The number of phenolic OH excluding ortho intramolecular Hbond substituents is 2. The quantitative estimate of drug-likeness (QED) is 0.233. The number of phenols is 2. The Morgan fingerprint density at radius 3 is 1.61 bits per heavy atom. The minimum atomic E-state index is -1.77. The maximum absolute atomic E-state index is 12.2. The van der Waals surface area contributed by atoms with Gasteiger partial charge in [-0.1, -0.05) is 24.3 Å². The molecule has 33 heavy (non-hydrogen) atoms. The van der Waals surface area contributed by atoms with Crippen LogP contribution in [-0.2, 0) is 28.7 Å². The maximum Gasteiger partial charge on any atom is 0.331 e. The predicted octanol–water partition coefficient (Wildman–Crippen LogP) is 2.58. The Labute approximate surface area is 194 Å². The van der Waals surface area contributed by atoms with Gasteiger partial charge in [-0.05, 0) is 47.5 Å². The standard InChI is InChI=1S/C23H20O9S/c24-16-7-1-14(2-8-16)5-11-20(28)31-18(13-19(26)27)22(23(30)33)32-21(29)12-6-15-3-9-17(25)10-4-15/h1-12,18,22,24-25H,13H2,(H,26,27)(H,30,33)/b11-5+,12-6+/t18-,22+/m0/s1. The third kappa shape index (κ3) is 8.91. The summed E-state index contributed by atoms with van der Waals surface area (Å²) in [6.45, 7) is 0. The van der Waals surface area contributed by atoms with Crippen LogP contribution in [0.15, 0.2) is 60.7 Å². The van der Waals surface area contributed by atoms with E-state index < -0.39 is 41.7 Å². The molecule has 0 aliphatic rings. The molecular weight excluding hydrogens is 452 g/mol. The van der Waals surface area contributed by atoms with Crippen LogP contribution in [0.3, 0.4) is 0 Å². The summed E-state index contributed by atoms with van der Waals surface area (Å²) in [4.78, 5) is 47.4. The average molecular weight is 472 g/mol. The lowest BCUT2D eigenvalue weighted by Gasteiger charge is -2.22. The molecule has 0 bridgehead atoms. The van der Waals surface area contributed by atoms with E-state index >= 15 is 0 Å². The molecule has 0 unspecified atom stereocenters. The number of thiol groups is 1. The highest BCUT2D eigenvalue weighted by Crippen LogP contribution is 2.16. The van der Waals surface area contributed by atoms with Crippen LogP contribution in [0.4, 0.5) is 0 Å². The molecule has 0 aliphatic carbocycles. The Bertz CT molecular complexity index is 1060. The van der Waals surface area contributed by atoms with E-state index in [1.54, 1.807) is 0 Å². The minimum absolute atomic E-state index is 0.0349. The molecule has 0 spiro atoms. The van der Waals surface area contributed by atoms with E-state index in [0.717, 1.165) is 12.2 Å². The zero-order valence-corrected chi connectivity index (χ0v) is 17.9. The monoisotopic (exact) mass is 472 g/mol. The summed E-state index contributed by atoms with van der Waals surface area (Å²) in [6, 6.07) is 11.7. The van der Waals surface area contributed by atoms with Gasteiger partial charge in [-0.15, -0.1) is 12.6 Å². The van der Waals surface area contributed by atoms with Gasteiger partial charge >= 0.3 is 17.9 Å². The molecular formula is C23H20O9S. The normalized spacial score (nSPS) is 12.9. The average Bonchev–Trinajstić information content (AvgIpc) is 2.75. The van der Waals surface area contributed by atoms with Crippen LogP contribution >= 0.6 is 12.6 Å². The van der Waals surface area contributed by atoms with Gasteiger partial charge in [-0.2, -0.15) is 0 Å². The van der Waals surface area contributed by atoms with E-state index in [9.17, 15) is 29.4 Å². The van der Waals surface area contributed by atoms with Crippen LogP contribution in [0.5, 0.6) is 11.5 Å². The fraction of sp³-hybridized carbons (Fsp3) is 0.130. The maximum atomic E-state index is 12.2. The number of benzene rings is 2. The number of aliphatic carboxylic acids is 1. The molecule has 0 aliphatic heterocycles. The molecule has 0 amide bonds. The summed E-state index contributed by atoms with van der Waals surface area (Å²) in [7, 11) is 0. The van der Waals surface area contributed by atoms with Crippen molar-refractivity contribution in [1.82, 2.24) is 0 Å². The van der Waals surface area contributed by atoms with Gasteiger partial charge < -0.3 is 24.8 Å². The molecule has 172 valence electrons. The van der Waals surface area contributed by atoms with E-state index in [1.807, 2.05) is 0 Å². The predicted molar refractivity (Wildman–Crippen MR) is 120 cm³/mol. The van der Waals surface area contributed by atoms with E-state index in [4.69, 9.17) is 14.6 Å². The molecule has 0 heterocycles. The topological polar surface area (TPSA) is 147 Å². The van der Waals surface area contributed by atoms with Crippen LogP contribution < -0.4 is 0 Å². The number of aromatic hydroxyl groups is 2. The summed E-state index contributed by atoms with van der Waals surface area (Å²) < 4.78 is 10.1. The molecule has 2 aromatic rings. The van der Waals surface area contributed by atoms with Crippen molar-refractivity contribution in [3.05, 3.63) is 71.8 Å². The van der Waals surface area contributed by atoms with Crippen molar-refractivity contribution in [2.45, 2.75) is 18.6 Å². The highest BCUT2D eigenvalue weighted by molar-refractivity contribution is 7.96. The molecule has 9 nitrogen and oxygen atoms in total. The Balaban J connectivity index is 2.10. The Hall–Kier alpha value is -4.05. The van der Waals surface area contributed by atoms with Gasteiger partial charge in [-0.25, -0.2) is 9.59 Å². The van der Waals surface area contributed by atoms with Gasteiger partial charge in [0.15, 0.2) is 6.10 Å². The largest absolute Gasteiger partial charge is 0.508 e. The number of carbonyl (C=O) groups is 4. The molecule has 0 aromatic heterocycles. The van der Waals surface area contributed by atoms with Crippen LogP contribution in [0.2, 0.25) is 0 Å². The number of hydrogen-bond acceptors (Lipinski definition) is 8. The summed E-state index contributed by atoms with van der Waals surface area (Å²) in [5.41, 5.74) is 1.10. The van der Waals surface area contributed by atoms with Crippen molar-refractivity contribution >= 4 is 47.8 Å². The number of hydrogen-bond donors (Lipinski definition) is 4. The smallest absolute Gasteiger partial charge is 0.331 e. The molecule has 2 atom stereocenters. The molecule has 2 rings (SSSR count). The van der Waals surface area contributed by atoms with Gasteiger partial charge in [0.05, 0.1) is 6.42 Å². The first-order valence-corrected chi connectivity index (χ1v) is 9.89. The third-order valence-corrected chi connectivity index (χ3v) is 4.33. The lowest BCUT2D eigenvalue weighted by Crippen LogP contribution is -2.40. The van der Waals surface area contributed by atoms with E-state index in [2.05, 4.69) is 12.6 Å². The third-order valence-electron chi connectivity index (χ3n) is 4.08. The minimum Gasteiger partial charge on any atom is -0.508 e. The second-order valence-electron chi connectivity index (χ2n) is 6.62. The number of ether oxygens (including phenoxy) is 2. The molecule has 0 saturated heterocycles. The first-order chi connectivity index (χ1) is 15.6. The van der Waals surface area contributed by atoms with Gasteiger partial charge in [0.25, 0.3) is 0 Å². The Kier molecular flexibility index (Phi) is 9.25. The Morgan fingerprint density at radius 1 is 0.788 bits per heavy atom. The first-order valence-electron chi connectivity index (χ1n) is 9.44. The van der Waals surface area contributed by atoms with Crippen molar-refractivity contribution in [2.75, 3.05) is 0 Å². The van der Waals surface area contributed by atoms with Crippen molar-refractivity contribution in [2.24, 2.45) is 0 Å². The van der Waals surface area contributed by atoms with Gasteiger partial charge in [-0.3, -0.25) is 9.59 Å². The van der Waals surface area contributed by atoms with E-state index in [1.165, 1.54) is 60.7 Å². The summed E-state index contributed by atoms with van der Waals surface area (Å²) >= 11 is 3.63. The van der Waals surface area contributed by atoms with E-state index in [0.29, 0.717) is 11.1 Å². The lowest BCUT2D eigenvalue weighted by atomic mass is 10.1. The SMILES string of the molecule is O=C(O)C[C@H](OC(=O)/C=C/c1ccc(O)cc1)[C@@H](OC(=O)/C=C/c1ccc(O)cc1)C(=O)S.